The van der Waals surface area contributed by atoms with Gasteiger partial charge in [-0.15, -0.1) is 12.4 Å². The lowest BCUT2D eigenvalue weighted by Gasteiger charge is -2.11. The van der Waals surface area contributed by atoms with Crippen LogP contribution in [-0.2, 0) is 0 Å². The van der Waals surface area contributed by atoms with Crippen molar-refractivity contribution in [3.05, 3.63) is 70.3 Å². The van der Waals surface area contributed by atoms with Crippen molar-refractivity contribution < 1.29 is 13.6 Å². The number of aromatic nitrogens is 1. The third kappa shape index (κ3) is 4.98. The fraction of sp³-hybridized carbons (Fsp3) is 0.190. The average Bonchev–Trinajstić information content (AvgIpc) is 2.67. The molecule has 0 aliphatic carbocycles. The molecule has 0 aliphatic rings. The third-order valence-electron chi connectivity index (χ3n) is 4.44. The summed E-state index contributed by atoms with van der Waals surface area (Å²) in [7, 11) is 0. The van der Waals surface area contributed by atoms with Gasteiger partial charge in [0, 0.05) is 24.0 Å². The molecule has 0 saturated heterocycles. The van der Waals surface area contributed by atoms with Gasteiger partial charge in [0.2, 0.25) is 0 Å². The van der Waals surface area contributed by atoms with Crippen LogP contribution in [0.1, 0.15) is 27.0 Å². The minimum atomic E-state index is -1.07. The van der Waals surface area contributed by atoms with Crippen molar-refractivity contribution in [3.63, 3.8) is 0 Å². The first-order valence-electron chi connectivity index (χ1n) is 8.68. The molecular formula is C21H19ClF2N4O. The van der Waals surface area contributed by atoms with Gasteiger partial charge in [0.05, 0.1) is 11.1 Å². The summed E-state index contributed by atoms with van der Waals surface area (Å²) in [5, 5.41) is 15.9. The number of benzene rings is 2. The molecule has 0 aliphatic heterocycles. The van der Waals surface area contributed by atoms with Crippen LogP contribution in [0.4, 0.5) is 14.6 Å². The molecule has 0 saturated carbocycles. The number of nitriles is 1. The number of rotatable bonds is 5. The van der Waals surface area contributed by atoms with Gasteiger partial charge in [-0.25, -0.2) is 13.8 Å². The van der Waals surface area contributed by atoms with E-state index in [1.54, 1.807) is 6.07 Å². The SMILES string of the molecule is Cc1cc2cc(C#N)c(NCCNC(=O)c3ccc(F)c(F)c3)nc2cc1C.Cl. The molecular weight excluding hydrogens is 398 g/mol. The normalized spacial score (nSPS) is 10.2. The summed E-state index contributed by atoms with van der Waals surface area (Å²) in [6, 6.07) is 10.8. The van der Waals surface area contributed by atoms with E-state index < -0.39 is 17.5 Å². The molecule has 0 atom stereocenters. The monoisotopic (exact) mass is 416 g/mol. The molecule has 3 aromatic rings. The number of carbonyl (C=O) groups is 1. The number of hydrogen-bond donors (Lipinski definition) is 2. The van der Waals surface area contributed by atoms with Crippen molar-refractivity contribution in [1.29, 1.82) is 5.26 Å². The molecule has 2 aromatic carbocycles. The van der Waals surface area contributed by atoms with E-state index >= 15 is 0 Å². The van der Waals surface area contributed by atoms with Gasteiger partial charge in [0.25, 0.3) is 5.91 Å². The van der Waals surface area contributed by atoms with Gasteiger partial charge >= 0.3 is 0 Å². The molecule has 3 rings (SSSR count). The van der Waals surface area contributed by atoms with Crippen LogP contribution in [0.25, 0.3) is 10.9 Å². The maximum absolute atomic E-state index is 13.2. The lowest BCUT2D eigenvalue weighted by Crippen LogP contribution is -2.29. The Morgan fingerprint density at radius 2 is 1.79 bits per heavy atom. The number of carbonyl (C=O) groups excluding carboxylic acids is 1. The molecule has 5 nitrogen and oxygen atoms in total. The zero-order valence-corrected chi connectivity index (χ0v) is 16.7. The number of aryl methyl sites for hydroxylation is 2. The number of anilines is 1. The second-order valence-electron chi connectivity index (χ2n) is 6.44. The van der Waals surface area contributed by atoms with Crippen molar-refractivity contribution in [1.82, 2.24) is 10.3 Å². The molecule has 1 heterocycles. The largest absolute Gasteiger partial charge is 0.367 e. The number of amides is 1. The summed E-state index contributed by atoms with van der Waals surface area (Å²) in [6.45, 7) is 4.53. The van der Waals surface area contributed by atoms with E-state index in [-0.39, 0.29) is 24.5 Å². The molecule has 8 heteroatoms. The molecule has 0 radical (unpaired) electrons. The van der Waals surface area contributed by atoms with Crippen molar-refractivity contribution in [2.45, 2.75) is 13.8 Å². The van der Waals surface area contributed by atoms with Crippen molar-refractivity contribution in [3.8, 4) is 6.07 Å². The Hall–Kier alpha value is -3.24. The Labute approximate surface area is 173 Å². The number of pyridine rings is 1. The molecule has 0 unspecified atom stereocenters. The van der Waals surface area contributed by atoms with Crippen LogP contribution in [-0.4, -0.2) is 24.0 Å². The molecule has 150 valence electrons. The van der Waals surface area contributed by atoms with Gasteiger partial charge in [0.1, 0.15) is 11.9 Å². The van der Waals surface area contributed by atoms with E-state index in [9.17, 15) is 18.8 Å². The topological polar surface area (TPSA) is 77.8 Å². The summed E-state index contributed by atoms with van der Waals surface area (Å²) in [4.78, 5) is 16.5. The van der Waals surface area contributed by atoms with Crippen LogP contribution in [0.2, 0.25) is 0 Å². The van der Waals surface area contributed by atoms with Gasteiger partial charge in [-0.1, -0.05) is 0 Å². The van der Waals surface area contributed by atoms with E-state index in [1.807, 2.05) is 26.0 Å². The van der Waals surface area contributed by atoms with Crippen LogP contribution in [0.5, 0.6) is 0 Å². The first-order valence-corrected chi connectivity index (χ1v) is 8.68. The van der Waals surface area contributed by atoms with E-state index in [1.165, 1.54) is 6.07 Å². The Morgan fingerprint density at radius 1 is 1.07 bits per heavy atom. The fourth-order valence-corrected chi connectivity index (χ4v) is 2.76. The first kappa shape index (κ1) is 22.1. The van der Waals surface area contributed by atoms with E-state index in [4.69, 9.17) is 0 Å². The molecule has 0 spiro atoms. The highest BCUT2D eigenvalue weighted by Crippen LogP contribution is 2.23. The van der Waals surface area contributed by atoms with Crippen molar-refractivity contribution >= 4 is 35.0 Å². The lowest BCUT2D eigenvalue weighted by molar-refractivity contribution is 0.0954. The Morgan fingerprint density at radius 3 is 2.48 bits per heavy atom. The molecule has 1 amide bonds. The smallest absolute Gasteiger partial charge is 0.251 e. The second-order valence-corrected chi connectivity index (χ2v) is 6.44. The maximum Gasteiger partial charge on any atom is 0.251 e. The third-order valence-corrected chi connectivity index (χ3v) is 4.44. The summed E-state index contributed by atoms with van der Waals surface area (Å²) >= 11 is 0. The van der Waals surface area contributed by atoms with Gasteiger partial charge in [-0.3, -0.25) is 4.79 Å². The predicted molar refractivity (Wildman–Crippen MR) is 110 cm³/mol. The minimum Gasteiger partial charge on any atom is -0.367 e. The average molecular weight is 417 g/mol. The van der Waals surface area contributed by atoms with Crippen molar-refractivity contribution in [2.24, 2.45) is 0 Å². The molecule has 2 N–H and O–H groups in total. The summed E-state index contributed by atoms with van der Waals surface area (Å²) < 4.78 is 26.1. The first-order chi connectivity index (χ1) is 13.4. The van der Waals surface area contributed by atoms with Gasteiger partial charge in [-0.05, 0) is 61.4 Å². The number of nitrogens with zero attached hydrogens (tertiary/aromatic N) is 2. The van der Waals surface area contributed by atoms with E-state index in [0.29, 0.717) is 17.9 Å². The Kier molecular flexibility index (Phi) is 7.08. The second kappa shape index (κ2) is 9.30. The zero-order chi connectivity index (χ0) is 20.3. The predicted octanol–water partition coefficient (Wildman–Crippen LogP) is 4.27. The van der Waals surface area contributed by atoms with Gasteiger partial charge < -0.3 is 10.6 Å². The fourth-order valence-electron chi connectivity index (χ4n) is 2.76. The van der Waals surface area contributed by atoms with Gasteiger partial charge in [-0.2, -0.15) is 5.26 Å². The maximum atomic E-state index is 13.2. The summed E-state index contributed by atoms with van der Waals surface area (Å²) in [6.07, 6.45) is 0. The van der Waals surface area contributed by atoms with Gasteiger partial charge in [0.15, 0.2) is 11.6 Å². The molecule has 0 bridgehead atoms. The number of nitrogens with one attached hydrogen (secondary N) is 2. The van der Waals surface area contributed by atoms with Crippen LogP contribution >= 0.6 is 12.4 Å². The quantitative estimate of drug-likeness (QED) is 0.609. The molecule has 29 heavy (non-hydrogen) atoms. The van der Waals surface area contributed by atoms with Crippen LogP contribution < -0.4 is 10.6 Å². The van der Waals surface area contributed by atoms with E-state index in [2.05, 4.69) is 21.7 Å². The van der Waals surface area contributed by atoms with Crippen LogP contribution in [0.15, 0.2) is 36.4 Å². The molecule has 1 aromatic heterocycles. The number of halogens is 3. The standard InChI is InChI=1S/C21H18F2N4O.ClH/c1-12-7-15-9-16(11-24)20(27-19(15)8-13(12)2)25-5-6-26-21(28)14-3-4-17(22)18(23)10-14;/h3-4,7-10H,5-6H2,1-2H3,(H,25,27)(H,26,28);1H. The highest BCUT2D eigenvalue weighted by molar-refractivity contribution is 5.94. The highest BCUT2D eigenvalue weighted by atomic mass is 35.5. The zero-order valence-electron chi connectivity index (χ0n) is 15.8. The minimum absolute atomic E-state index is 0. The van der Waals surface area contributed by atoms with Crippen LogP contribution in [0.3, 0.4) is 0 Å². The highest BCUT2D eigenvalue weighted by Gasteiger charge is 2.10. The Bertz CT molecular complexity index is 1110. The molecule has 0 fully saturated rings. The number of fused-ring (bicyclic) bond motifs is 1. The Balaban J connectivity index is 0.00000300. The van der Waals surface area contributed by atoms with E-state index in [0.717, 1.165) is 34.2 Å². The summed E-state index contributed by atoms with van der Waals surface area (Å²) in [5.41, 5.74) is 3.44. The van der Waals surface area contributed by atoms with Crippen LogP contribution in [0, 0.1) is 36.8 Å². The lowest BCUT2D eigenvalue weighted by atomic mass is 10.0. The van der Waals surface area contributed by atoms with Crippen molar-refractivity contribution in [2.75, 3.05) is 18.4 Å². The number of hydrogen-bond acceptors (Lipinski definition) is 4. The summed E-state index contributed by atoms with van der Waals surface area (Å²) in [5.74, 6) is -2.16.